The summed E-state index contributed by atoms with van der Waals surface area (Å²) in [5.74, 6) is 1.27. The maximum absolute atomic E-state index is 12.3. The number of thioether (sulfide) groups is 1. The second-order valence-corrected chi connectivity index (χ2v) is 6.95. The molecule has 0 aromatic heterocycles. The quantitative estimate of drug-likeness (QED) is 0.717. The van der Waals surface area contributed by atoms with Gasteiger partial charge < -0.3 is 15.0 Å². The van der Waals surface area contributed by atoms with E-state index in [0.29, 0.717) is 5.75 Å². The number of quaternary nitrogens is 1. The molecule has 1 atom stereocenters. The van der Waals surface area contributed by atoms with Crippen LogP contribution in [-0.4, -0.2) is 39.4 Å². The highest BCUT2D eigenvalue weighted by molar-refractivity contribution is 8.00. The van der Waals surface area contributed by atoms with Crippen LogP contribution in [0.3, 0.4) is 0 Å². The maximum Gasteiger partial charge on any atom is 0.231 e. The molecule has 128 valence electrons. The SMILES string of the molecule is COc1ccc(SCC(=O)N[C@H](C[NH+](C)C)c2ccccc2)cc1. The molecule has 0 bridgehead atoms. The molecular formula is C19H25N2O2S+. The lowest BCUT2D eigenvalue weighted by molar-refractivity contribution is -0.860. The molecule has 0 saturated heterocycles. The summed E-state index contributed by atoms with van der Waals surface area (Å²) in [6.07, 6.45) is 0. The number of rotatable bonds is 8. The van der Waals surface area contributed by atoms with Crippen LogP contribution in [0, 0.1) is 0 Å². The molecule has 1 amide bonds. The fourth-order valence-electron chi connectivity index (χ4n) is 2.40. The average molecular weight is 345 g/mol. The Morgan fingerprint density at radius 2 is 1.79 bits per heavy atom. The molecule has 2 rings (SSSR count). The molecule has 0 unspecified atom stereocenters. The van der Waals surface area contributed by atoms with Gasteiger partial charge >= 0.3 is 0 Å². The van der Waals surface area contributed by atoms with Gasteiger partial charge in [0.2, 0.25) is 5.91 Å². The Bertz CT molecular complexity index is 630. The fourth-order valence-corrected chi connectivity index (χ4v) is 3.11. The van der Waals surface area contributed by atoms with E-state index in [-0.39, 0.29) is 11.9 Å². The van der Waals surface area contributed by atoms with E-state index in [1.165, 1.54) is 16.7 Å². The zero-order valence-corrected chi connectivity index (χ0v) is 15.2. The summed E-state index contributed by atoms with van der Waals surface area (Å²) >= 11 is 1.53. The van der Waals surface area contributed by atoms with Crippen LogP contribution in [0.2, 0.25) is 0 Å². The van der Waals surface area contributed by atoms with Gasteiger partial charge in [-0.2, -0.15) is 0 Å². The van der Waals surface area contributed by atoms with Gasteiger partial charge in [-0.15, -0.1) is 11.8 Å². The van der Waals surface area contributed by atoms with Crippen molar-refractivity contribution in [3.63, 3.8) is 0 Å². The van der Waals surface area contributed by atoms with Gasteiger partial charge in [0.15, 0.2) is 0 Å². The first-order chi connectivity index (χ1) is 11.6. The lowest BCUT2D eigenvalue weighted by atomic mass is 10.1. The smallest absolute Gasteiger partial charge is 0.231 e. The van der Waals surface area contributed by atoms with Crippen LogP contribution in [0.25, 0.3) is 0 Å². The molecule has 0 aliphatic heterocycles. The number of hydrogen-bond acceptors (Lipinski definition) is 3. The molecule has 0 aliphatic carbocycles. The van der Waals surface area contributed by atoms with Gasteiger partial charge in [-0.1, -0.05) is 30.3 Å². The summed E-state index contributed by atoms with van der Waals surface area (Å²) in [5, 5.41) is 3.15. The molecule has 0 aliphatic rings. The Balaban J connectivity index is 1.92. The van der Waals surface area contributed by atoms with Crippen LogP contribution < -0.4 is 15.0 Å². The van der Waals surface area contributed by atoms with E-state index < -0.39 is 0 Å². The van der Waals surface area contributed by atoms with Gasteiger partial charge in [0, 0.05) is 4.90 Å². The number of carbonyl (C=O) groups is 1. The first-order valence-corrected chi connectivity index (χ1v) is 8.97. The molecule has 2 N–H and O–H groups in total. The molecule has 0 spiro atoms. The number of amides is 1. The topological polar surface area (TPSA) is 42.8 Å². The second kappa shape index (κ2) is 9.35. The van der Waals surface area contributed by atoms with Crippen molar-refractivity contribution in [1.29, 1.82) is 0 Å². The predicted octanol–water partition coefficient (Wildman–Crippen LogP) is 1.79. The van der Waals surface area contributed by atoms with Crippen molar-refractivity contribution in [1.82, 2.24) is 5.32 Å². The zero-order valence-electron chi connectivity index (χ0n) is 14.4. The van der Waals surface area contributed by atoms with Crippen molar-refractivity contribution in [3.05, 3.63) is 60.2 Å². The van der Waals surface area contributed by atoms with Gasteiger partial charge in [-0.25, -0.2) is 0 Å². The molecular weight excluding hydrogens is 320 g/mol. The number of carbonyl (C=O) groups excluding carboxylic acids is 1. The van der Waals surface area contributed by atoms with Crippen molar-refractivity contribution >= 4 is 17.7 Å². The molecule has 4 nitrogen and oxygen atoms in total. The van der Waals surface area contributed by atoms with Gasteiger partial charge in [-0.3, -0.25) is 4.79 Å². The van der Waals surface area contributed by atoms with Gasteiger partial charge in [-0.05, 0) is 29.8 Å². The lowest BCUT2D eigenvalue weighted by Crippen LogP contribution is -3.06. The molecule has 2 aromatic rings. The Labute approximate surface area is 148 Å². The first-order valence-electron chi connectivity index (χ1n) is 7.98. The summed E-state index contributed by atoms with van der Waals surface area (Å²) < 4.78 is 5.14. The summed E-state index contributed by atoms with van der Waals surface area (Å²) in [5.41, 5.74) is 1.14. The molecule has 0 saturated carbocycles. The highest BCUT2D eigenvalue weighted by Crippen LogP contribution is 2.21. The van der Waals surface area contributed by atoms with Crippen molar-refractivity contribution in [2.24, 2.45) is 0 Å². The van der Waals surface area contributed by atoms with E-state index >= 15 is 0 Å². The van der Waals surface area contributed by atoms with Crippen LogP contribution in [0.5, 0.6) is 5.75 Å². The number of benzene rings is 2. The zero-order chi connectivity index (χ0) is 17.4. The number of methoxy groups -OCH3 is 1. The normalized spacial score (nSPS) is 12.0. The average Bonchev–Trinajstić information content (AvgIpc) is 2.60. The van der Waals surface area contributed by atoms with E-state index in [4.69, 9.17) is 4.74 Å². The number of likely N-dealkylation sites (N-methyl/N-ethyl adjacent to an activating group) is 1. The van der Waals surface area contributed by atoms with Crippen molar-refractivity contribution in [2.75, 3.05) is 33.5 Å². The number of nitrogens with one attached hydrogen (secondary N) is 2. The molecule has 2 aromatic carbocycles. The van der Waals surface area contributed by atoms with Gasteiger partial charge in [0.05, 0.1) is 27.0 Å². The maximum atomic E-state index is 12.3. The second-order valence-electron chi connectivity index (χ2n) is 5.91. The standard InChI is InChI=1S/C19H24N2O2S/c1-21(2)13-18(15-7-5-4-6-8-15)20-19(22)14-24-17-11-9-16(23-3)10-12-17/h4-12,18H,13-14H2,1-3H3,(H,20,22)/p+1/t18-/m1/s1. The van der Waals surface area contributed by atoms with Crippen LogP contribution in [0.1, 0.15) is 11.6 Å². The Kier molecular flexibility index (Phi) is 7.15. The fraction of sp³-hybridized carbons (Fsp3) is 0.316. The Morgan fingerprint density at radius 1 is 1.12 bits per heavy atom. The van der Waals surface area contributed by atoms with Gasteiger partial charge in [0.1, 0.15) is 18.3 Å². The van der Waals surface area contributed by atoms with Crippen molar-refractivity contribution in [3.8, 4) is 5.75 Å². The van der Waals surface area contributed by atoms with Crippen molar-refractivity contribution in [2.45, 2.75) is 10.9 Å². The van der Waals surface area contributed by atoms with Crippen LogP contribution in [0.4, 0.5) is 0 Å². The molecule has 0 radical (unpaired) electrons. The van der Waals surface area contributed by atoms with Crippen LogP contribution in [0.15, 0.2) is 59.5 Å². The summed E-state index contributed by atoms with van der Waals surface area (Å²) in [7, 11) is 5.83. The molecule has 24 heavy (non-hydrogen) atoms. The minimum absolute atomic E-state index is 0.0279. The third-order valence-corrected chi connectivity index (χ3v) is 4.59. The largest absolute Gasteiger partial charge is 0.497 e. The van der Waals surface area contributed by atoms with Gasteiger partial charge in [0.25, 0.3) is 0 Å². The lowest BCUT2D eigenvalue weighted by Gasteiger charge is -2.20. The summed E-state index contributed by atoms with van der Waals surface area (Å²) in [4.78, 5) is 14.7. The minimum atomic E-state index is 0.0279. The molecule has 5 heteroatoms. The number of ether oxygens (including phenoxy) is 1. The Hall–Kier alpha value is -1.98. The molecule has 0 heterocycles. The van der Waals surface area contributed by atoms with E-state index in [2.05, 4.69) is 31.5 Å². The highest BCUT2D eigenvalue weighted by atomic mass is 32.2. The monoisotopic (exact) mass is 345 g/mol. The number of hydrogen-bond donors (Lipinski definition) is 2. The third-order valence-electron chi connectivity index (χ3n) is 3.58. The van der Waals surface area contributed by atoms with Crippen LogP contribution >= 0.6 is 11.8 Å². The highest BCUT2D eigenvalue weighted by Gasteiger charge is 2.17. The summed E-state index contributed by atoms with van der Waals surface area (Å²) in [6.45, 7) is 0.850. The summed E-state index contributed by atoms with van der Waals surface area (Å²) in [6, 6.07) is 17.9. The van der Waals surface area contributed by atoms with E-state index in [9.17, 15) is 4.79 Å². The minimum Gasteiger partial charge on any atom is -0.497 e. The van der Waals surface area contributed by atoms with E-state index in [1.54, 1.807) is 7.11 Å². The van der Waals surface area contributed by atoms with Crippen molar-refractivity contribution < 1.29 is 14.4 Å². The van der Waals surface area contributed by atoms with Crippen LogP contribution in [-0.2, 0) is 4.79 Å². The molecule has 0 fully saturated rings. The Morgan fingerprint density at radius 3 is 2.38 bits per heavy atom. The third kappa shape index (κ3) is 5.91. The van der Waals surface area contributed by atoms with E-state index in [1.807, 2.05) is 42.5 Å². The van der Waals surface area contributed by atoms with E-state index in [0.717, 1.165) is 22.8 Å². The first kappa shape index (κ1) is 18.4. The predicted molar refractivity (Wildman–Crippen MR) is 98.7 cm³/mol.